The molecule has 0 N–H and O–H groups in total. The largest absolute Gasteiger partial charge is 0.447 e. The van der Waals surface area contributed by atoms with E-state index in [2.05, 4.69) is 0 Å². The summed E-state index contributed by atoms with van der Waals surface area (Å²) in [6.07, 6.45) is 6.34. The first-order valence-electron chi connectivity index (χ1n) is 8.31. The van der Waals surface area contributed by atoms with Crippen LogP contribution in [0.3, 0.4) is 0 Å². The van der Waals surface area contributed by atoms with Gasteiger partial charge in [0.15, 0.2) is 11.4 Å². The molecule has 1 aromatic carbocycles. The highest BCUT2D eigenvalue weighted by Gasteiger charge is 2.51. The van der Waals surface area contributed by atoms with E-state index in [1.165, 1.54) is 11.8 Å². The standard InChI is InChI=1S/C19H22O4S/c1-13-8-4-5-9-14(13)16-17(22-15(20)12-24-2)19(23-18(16)21)10-6-3-7-11-19/h4-5,8-9H,3,6-7,10-12H2,1-2H3. The maximum atomic E-state index is 12.7. The normalized spacial score (nSPS) is 19.5. The van der Waals surface area contributed by atoms with Crippen LogP contribution in [0.25, 0.3) is 5.57 Å². The van der Waals surface area contributed by atoms with Crippen LogP contribution in [0.2, 0.25) is 0 Å². The molecule has 0 aromatic heterocycles. The zero-order chi connectivity index (χ0) is 17.2. The molecule has 1 aliphatic carbocycles. The summed E-state index contributed by atoms with van der Waals surface area (Å²) in [6, 6.07) is 7.64. The Morgan fingerprint density at radius 2 is 1.96 bits per heavy atom. The number of rotatable bonds is 4. The quantitative estimate of drug-likeness (QED) is 0.775. The molecular weight excluding hydrogens is 324 g/mol. The lowest BCUT2D eigenvalue weighted by Crippen LogP contribution is -2.36. The van der Waals surface area contributed by atoms with Gasteiger partial charge in [0.05, 0.1) is 5.75 Å². The lowest BCUT2D eigenvalue weighted by molar-refractivity contribution is -0.154. The third-order valence-electron chi connectivity index (χ3n) is 4.69. The molecule has 1 aliphatic heterocycles. The molecular formula is C19H22O4S. The minimum atomic E-state index is -0.763. The van der Waals surface area contributed by atoms with Gasteiger partial charge in [-0.05, 0) is 50.0 Å². The Hall–Kier alpha value is -1.75. The molecule has 0 unspecified atom stereocenters. The van der Waals surface area contributed by atoms with Crippen LogP contribution in [0.5, 0.6) is 0 Å². The van der Waals surface area contributed by atoms with E-state index in [0.717, 1.165) is 43.2 Å². The smallest absolute Gasteiger partial charge is 0.343 e. The zero-order valence-electron chi connectivity index (χ0n) is 14.1. The third-order valence-corrected chi connectivity index (χ3v) is 5.21. The topological polar surface area (TPSA) is 52.6 Å². The molecule has 0 radical (unpaired) electrons. The summed E-state index contributed by atoms with van der Waals surface area (Å²) in [4.78, 5) is 24.8. The molecule has 0 atom stereocenters. The van der Waals surface area contributed by atoms with Gasteiger partial charge in [0.25, 0.3) is 0 Å². The van der Waals surface area contributed by atoms with Crippen LogP contribution in [0.15, 0.2) is 30.0 Å². The highest BCUT2D eigenvalue weighted by molar-refractivity contribution is 7.99. The predicted octanol–water partition coefficient (Wildman–Crippen LogP) is 3.87. The summed E-state index contributed by atoms with van der Waals surface area (Å²) in [6.45, 7) is 1.95. The number of carbonyl (C=O) groups is 2. The first-order chi connectivity index (χ1) is 11.6. The molecule has 24 heavy (non-hydrogen) atoms. The fourth-order valence-electron chi connectivity index (χ4n) is 3.54. The molecule has 1 spiro atoms. The van der Waals surface area contributed by atoms with Gasteiger partial charge < -0.3 is 9.47 Å². The Morgan fingerprint density at radius 1 is 1.25 bits per heavy atom. The van der Waals surface area contributed by atoms with Gasteiger partial charge in [0.2, 0.25) is 0 Å². The molecule has 1 saturated carbocycles. The van der Waals surface area contributed by atoms with Crippen LogP contribution in [-0.2, 0) is 19.1 Å². The van der Waals surface area contributed by atoms with E-state index in [4.69, 9.17) is 9.47 Å². The number of hydrogen-bond acceptors (Lipinski definition) is 5. The zero-order valence-corrected chi connectivity index (χ0v) is 14.9. The number of esters is 2. The molecule has 0 bridgehead atoms. The SMILES string of the molecule is CSCC(=O)OC1=C(c2ccccc2C)C(=O)OC12CCCCC2. The van der Waals surface area contributed by atoms with Crippen molar-refractivity contribution >= 4 is 29.3 Å². The maximum absolute atomic E-state index is 12.7. The number of carbonyl (C=O) groups excluding carboxylic acids is 2. The molecule has 2 aliphatic rings. The summed E-state index contributed by atoms with van der Waals surface area (Å²) < 4.78 is 11.5. The maximum Gasteiger partial charge on any atom is 0.343 e. The molecule has 3 rings (SSSR count). The molecule has 5 heteroatoms. The lowest BCUT2D eigenvalue weighted by atomic mass is 9.82. The Balaban J connectivity index is 2.09. The van der Waals surface area contributed by atoms with Crippen LogP contribution in [0.4, 0.5) is 0 Å². The molecule has 1 heterocycles. The van der Waals surface area contributed by atoms with Crippen molar-refractivity contribution in [3.63, 3.8) is 0 Å². The van der Waals surface area contributed by atoms with E-state index in [0.29, 0.717) is 11.3 Å². The molecule has 0 saturated heterocycles. The summed E-state index contributed by atoms with van der Waals surface area (Å²) >= 11 is 1.41. The monoisotopic (exact) mass is 346 g/mol. The van der Waals surface area contributed by atoms with E-state index in [1.807, 2.05) is 37.4 Å². The van der Waals surface area contributed by atoms with Crippen molar-refractivity contribution in [3.8, 4) is 0 Å². The van der Waals surface area contributed by atoms with Gasteiger partial charge in [-0.25, -0.2) is 4.79 Å². The van der Waals surface area contributed by atoms with Crippen molar-refractivity contribution in [1.82, 2.24) is 0 Å². The van der Waals surface area contributed by atoms with Gasteiger partial charge in [0.1, 0.15) is 5.57 Å². The highest BCUT2D eigenvalue weighted by atomic mass is 32.2. The van der Waals surface area contributed by atoms with Gasteiger partial charge in [-0.1, -0.05) is 30.7 Å². The first-order valence-corrected chi connectivity index (χ1v) is 9.70. The molecule has 1 aromatic rings. The molecule has 1 fully saturated rings. The minimum absolute atomic E-state index is 0.259. The van der Waals surface area contributed by atoms with Crippen LogP contribution < -0.4 is 0 Å². The van der Waals surface area contributed by atoms with Gasteiger partial charge >= 0.3 is 11.9 Å². The van der Waals surface area contributed by atoms with Crippen LogP contribution in [0, 0.1) is 6.92 Å². The summed E-state index contributed by atoms with van der Waals surface area (Å²) in [5.41, 5.74) is 1.41. The average Bonchev–Trinajstić information content (AvgIpc) is 2.80. The minimum Gasteiger partial charge on any atom is -0.447 e. The Morgan fingerprint density at radius 3 is 2.62 bits per heavy atom. The number of hydrogen-bond donors (Lipinski definition) is 0. The van der Waals surface area contributed by atoms with E-state index in [9.17, 15) is 9.59 Å². The second-order valence-electron chi connectivity index (χ2n) is 6.37. The predicted molar refractivity (Wildman–Crippen MR) is 94.5 cm³/mol. The van der Waals surface area contributed by atoms with Crippen molar-refractivity contribution in [2.24, 2.45) is 0 Å². The van der Waals surface area contributed by atoms with Crippen LogP contribution in [-0.4, -0.2) is 29.5 Å². The number of ether oxygens (including phenoxy) is 2. The van der Waals surface area contributed by atoms with Crippen LogP contribution in [0.1, 0.15) is 43.2 Å². The Kier molecular flexibility index (Phi) is 4.99. The van der Waals surface area contributed by atoms with Crippen LogP contribution >= 0.6 is 11.8 Å². The first kappa shape index (κ1) is 17.1. The number of benzene rings is 1. The van der Waals surface area contributed by atoms with E-state index in [-0.39, 0.29) is 17.7 Å². The molecule has 4 nitrogen and oxygen atoms in total. The lowest BCUT2D eigenvalue weighted by Gasteiger charge is -2.33. The highest BCUT2D eigenvalue weighted by Crippen LogP contribution is 2.47. The number of aryl methyl sites for hydroxylation is 1. The van der Waals surface area contributed by atoms with Gasteiger partial charge in [0, 0.05) is 0 Å². The second kappa shape index (κ2) is 7.01. The van der Waals surface area contributed by atoms with E-state index < -0.39 is 5.60 Å². The third kappa shape index (κ3) is 3.09. The van der Waals surface area contributed by atoms with Crippen molar-refractivity contribution in [2.45, 2.75) is 44.6 Å². The average molecular weight is 346 g/mol. The Labute approximate surface area is 146 Å². The summed E-state index contributed by atoms with van der Waals surface area (Å²) in [5, 5.41) is 0. The molecule has 128 valence electrons. The fourth-order valence-corrected chi connectivity index (χ4v) is 3.83. The van der Waals surface area contributed by atoms with Crippen molar-refractivity contribution < 1.29 is 19.1 Å². The van der Waals surface area contributed by atoms with E-state index >= 15 is 0 Å². The van der Waals surface area contributed by atoms with Gasteiger partial charge in [-0.15, -0.1) is 0 Å². The Bertz CT molecular complexity index is 686. The van der Waals surface area contributed by atoms with Crippen molar-refractivity contribution in [2.75, 3.05) is 12.0 Å². The molecule has 0 amide bonds. The van der Waals surface area contributed by atoms with Crippen molar-refractivity contribution in [1.29, 1.82) is 0 Å². The van der Waals surface area contributed by atoms with Gasteiger partial charge in [-0.3, -0.25) is 4.79 Å². The van der Waals surface area contributed by atoms with Gasteiger partial charge in [-0.2, -0.15) is 11.8 Å². The second-order valence-corrected chi connectivity index (χ2v) is 7.24. The summed E-state index contributed by atoms with van der Waals surface area (Å²) in [7, 11) is 0. The summed E-state index contributed by atoms with van der Waals surface area (Å²) in [5.74, 6) is -0.0139. The fraction of sp³-hybridized carbons (Fsp3) is 0.474. The van der Waals surface area contributed by atoms with E-state index in [1.54, 1.807) is 0 Å². The number of thioether (sulfide) groups is 1. The van der Waals surface area contributed by atoms with Crippen molar-refractivity contribution in [3.05, 3.63) is 41.2 Å².